The molecule has 0 aromatic carbocycles. The summed E-state index contributed by atoms with van der Waals surface area (Å²) in [6.45, 7) is 4.51. The Kier molecular flexibility index (Phi) is 5.21. The van der Waals surface area contributed by atoms with Crippen molar-refractivity contribution in [1.82, 2.24) is 4.98 Å². The lowest BCUT2D eigenvalue weighted by Crippen LogP contribution is -2.13. The van der Waals surface area contributed by atoms with E-state index in [1.165, 1.54) is 4.34 Å². The molecular formula is C9H15NS3. The number of hydrogen-bond donors (Lipinski definition) is 1. The highest BCUT2D eigenvalue weighted by molar-refractivity contribution is 8.01. The first-order valence-corrected chi connectivity index (χ1v) is 6.87. The third-order valence-corrected chi connectivity index (χ3v) is 4.63. The van der Waals surface area contributed by atoms with Crippen LogP contribution in [0.5, 0.6) is 0 Å². The standard InChI is InChI=1S/C9H15NS3/c1-7(2)8(5-11)6-13-9-10-3-4-12-9/h3-4,7-8,11H,5-6H2,1-2H3. The minimum Gasteiger partial charge on any atom is -0.238 e. The first-order valence-electron chi connectivity index (χ1n) is 4.37. The van der Waals surface area contributed by atoms with E-state index in [-0.39, 0.29) is 0 Å². The van der Waals surface area contributed by atoms with Crippen molar-refractivity contribution in [1.29, 1.82) is 0 Å². The Labute approximate surface area is 93.8 Å². The number of hydrogen-bond acceptors (Lipinski definition) is 4. The van der Waals surface area contributed by atoms with Crippen LogP contribution in [0.3, 0.4) is 0 Å². The van der Waals surface area contributed by atoms with Gasteiger partial charge in [-0.2, -0.15) is 12.6 Å². The molecule has 74 valence electrons. The van der Waals surface area contributed by atoms with Gasteiger partial charge in [0.25, 0.3) is 0 Å². The largest absolute Gasteiger partial charge is 0.238 e. The van der Waals surface area contributed by atoms with Crippen molar-refractivity contribution in [2.45, 2.75) is 18.2 Å². The Hall–Kier alpha value is 0.330. The molecule has 1 aromatic heterocycles. The molecule has 0 amide bonds. The van der Waals surface area contributed by atoms with E-state index < -0.39 is 0 Å². The summed E-state index contributed by atoms with van der Waals surface area (Å²) >= 11 is 7.92. The normalized spacial score (nSPS) is 13.5. The smallest absolute Gasteiger partial charge is 0.149 e. The molecule has 0 spiro atoms. The SMILES string of the molecule is CC(C)C(CS)CSc1nccs1. The van der Waals surface area contributed by atoms with Gasteiger partial charge in [0.15, 0.2) is 0 Å². The molecule has 0 aliphatic rings. The van der Waals surface area contributed by atoms with E-state index in [2.05, 4.69) is 31.5 Å². The molecule has 1 rings (SSSR count). The predicted octanol–water partition coefficient (Wildman–Crippen LogP) is 3.44. The van der Waals surface area contributed by atoms with Gasteiger partial charge in [-0.1, -0.05) is 25.6 Å². The van der Waals surface area contributed by atoms with Gasteiger partial charge in [0.2, 0.25) is 0 Å². The summed E-state index contributed by atoms with van der Waals surface area (Å²) in [5.41, 5.74) is 0. The van der Waals surface area contributed by atoms with Gasteiger partial charge >= 0.3 is 0 Å². The van der Waals surface area contributed by atoms with Crippen molar-refractivity contribution in [3.05, 3.63) is 11.6 Å². The molecule has 0 saturated carbocycles. The van der Waals surface area contributed by atoms with Gasteiger partial charge in [-0.15, -0.1) is 11.3 Å². The van der Waals surface area contributed by atoms with Crippen LogP contribution in [-0.4, -0.2) is 16.5 Å². The van der Waals surface area contributed by atoms with Gasteiger partial charge in [-0.25, -0.2) is 4.98 Å². The molecule has 0 saturated heterocycles. The number of rotatable bonds is 5. The van der Waals surface area contributed by atoms with Crippen molar-refractivity contribution in [2.24, 2.45) is 11.8 Å². The minimum atomic E-state index is 0.692. The lowest BCUT2D eigenvalue weighted by molar-refractivity contribution is 0.473. The van der Waals surface area contributed by atoms with Crippen LogP contribution in [-0.2, 0) is 0 Å². The number of thioether (sulfide) groups is 1. The summed E-state index contributed by atoms with van der Waals surface area (Å²) in [6, 6.07) is 0. The molecule has 0 fully saturated rings. The maximum atomic E-state index is 4.36. The summed E-state index contributed by atoms with van der Waals surface area (Å²) in [5.74, 6) is 3.51. The molecule has 0 bridgehead atoms. The fourth-order valence-corrected chi connectivity index (χ4v) is 3.64. The zero-order valence-electron chi connectivity index (χ0n) is 7.93. The molecule has 13 heavy (non-hydrogen) atoms. The van der Waals surface area contributed by atoms with Crippen LogP contribution in [0.15, 0.2) is 15.9 Å². The van der Waals surface area contributed by atoms with E-state index >= 15 is 0 Å². The molecule has 4 heteroatoms. The molecule has 0 aliphatic carbocycles. The summed E-state index contributed by atoms with van der Waals surface area (Å²) in [5, 5.41) is 2.02. The highest BCUT2D eigenvalue weighted by atomic mass is 32.2. The molecular weight excluding hydrogens is 218 g/mol. The Bertz CT molecular complexity index is 221. The lowest BCUT2D eigenvalue weighted by atomic mass is 10.0. The van der Waals surface area contributed by atoms with E-state index in [1.807, 2.05) is 23.3 Å². The van der Waals surface area contributed by atoms with Crippen LogP contribution >= 0.6 is 35.7 Å². The highest BCUT2D eigenvalue weighted by Crippen LogP contribution is 2.26. The number of thiol groups is 1. The van der Waals surface area contributed by atoms with Gasteiger partial charge in [0, 0.05) is 17.3 Å². The lowest BCUT2D eigenvalue weighted by Gasteiger charge is -2.16. The Morgan fingerprint density at radius 3 is 2.85 bits per heavy atom. The molecule has 1 heterocycles. The first-order chi connectivity index (χ1) is 6.24. The van der Waals surface area contributed by atoms with Crippen molar-refractivity contribution in [3.8, 4) is 0 Å². The fourth-order valence-electron chi connectivity index (χ4n) is 0.916. The second-order valence-electron chi connectivity index (χ2n) is 3.30. The second-order valence-corrected chi connectivity index (χ2v) is 5.82. The van der Waals surface area contributed by atoms with Gasteiger partial charge in [-0.05, 0) is 17.6 Å². The van der Waals surface area contributed by atoms with Crippen LogP contribution < -0.4 is 0 Å². The van der Waals surface area contributed by atoms with Gasteiger partial charge in [0.1, 0.15) is 4.34 Å². The Balaban J connectivity index is 2.32. The average molecular weight is 233 g/mol. The summed E-state index contributed by atoms with van der Waals surface area (Å²) in [4.78, 5) is 4.24. The van der Waals surface area contributed by atoms with E-state index in [1.54, 1.807) is 11.3 Å². The van der Waals surface area contributed by atoms with E-state index in [0.29, 0.717) is 11.8 Å². The Morgan fingerprint density at radius 2 is 2.38 bits per heavy atom. The van der Waals surface area contributed by atoms with Crippen molar-refractivity contribution >= 4 is 35.7 Å². The number of aromatic nitrogens is 1. The van der Waals surface area contributed by atoms with Gasteiger partial charge in [-0.3, -0.25) is 0 Å². The fraction of sp³-hybridized carbons (Fsp3) is 0.667. The maximum absolute atomic E-state index is 4.36. The second kappa shape index (κ2) is 5.94. The molecule has 0 radical (unpaired) electrons. The van der Waals surface area contributed by atoms with Crippen LogP contribution in [0.25, 0.3) is 0 Å². The van der Waals surface area contributed by atoms with Gasteiger partial charge in [0.05, 0.1) is 0 Å². The first kappa shape index (κ1) is 11.4. The molecule has 0 aliphatic heterocycles. The Morgan fingerprint density at radius 1 is 1.62 bits per heavy atom. The van der Waals surface area contributed by atoms with Crippen molar-refractivity contribution in [2.75, 3.05) is 11.5 Å². The third kappa shape index (κ3) is 3.92. The predicted molar refractivity (Wildman–Crippen MR) is 65.0 cm³/mol. The quantitative estimate of drug-likeness (QED) is 0.618. The highest BCUT2D eigenvalue weighted by Gasteiger charge is 2.12. The molecule has 1 nitrogen and oxygen atoms in total. The molecule has 1 unspecified atom stereocenters. The van der Waals surface area contributed by atoms with E-state index in [9.17, 15) is 0 Å². The van der Waals surface area contributed by atoms with Crippen LogP contribution in [0.2, 0.25) is 0 Å². The third-order valence-electron chi connectivity index (χ3n) is 2.01. The zero-order chi connectivity index (χ0) is 9.68. The van der Waals surface area contributed by atoms with E-state index in [4.69, 9.17) is 0 Å². The zero-order valence-corrected chi connectivity index (χ0v) is 10.5. The van der Waals surface area contributed by atoms with Crippen molar-refractivity contribution < 1.29 is 0 Å². The number of nitrogens with zero attached hydrogens (tertiary/aromatic N) is 1. The van der Waals surface area contributed by atoms with Crippen LogP contribution in [0.1, 0.15) is 13.8 Å². The average Bonchev–Trinajstić information content (AvgIpc) is 2.57. The van der Waals surface area contributed by atoms with E-state index in [0.717, 1.165) is 11.5 Å². The van der Waals surface area contributed by atoms with Crippen molar-refractivity contribution in [3.63, 3.8) is 0 Å². The van der Waals surface area contributed by atoms with Crippen LogP contribution in [0, 0.1) is 11.8 Å². The number of thiazole rings is 1. The summed E-state index contributed by atoms with van der Waals surface area (Å²) in [7, 11) is 0. The van der Waals surface area contributed by atoms with Crippen LogP contribution in [0.4, 0.5) is 0 Å². The molecule has 1 atom stereocenters. The molecule has 1 aromatic rings. The van der Waals surface area contributed by atoms with Gasteiger partial charge < -0.3 is 0 Å². The summed E-state index contributed by atoms with van der Waals surface area (Å²) in [6.07, 6.45) is 1.86. The topological polar surface area (TPSA) is 12.9 Å². The molecule has 0 N–H and O–H groups in total. The minimum absolute atomic E-state index is 0.692. The maximum Gasteiger partial charge on any atom is 0.149 e. The summed E-state index contributed by atoms with van der Waals surface area (Å²) < 4.78 is 1.17. The monoisotopic (exact) mass is 233 g/mol.